The van der Waals surface area contributed by atoms with Gasteiger partial charge in [-0.25, -0.2) is 0 Å². The predicted molar refractivity (Wildman–Crippen MR) is 93.9 cm³/mol. The van der Waals surface area contributed by atoms with E-state index in [1.165, 1.54) is 28.4 Å². The van der Waals surface area contributed by atoms with E-state index in [0.717, 1.165) is 23.9 Å². The summed E-state index contributed by atoms with van der Waals surface area (Å²) >= 11 is 8.58. The van der Waals surface area contributed by atoms with Crippen molar-refractivity contribution in [2.75, 3.05) is 6.54 Å². The Kier molecular flexibility index (Phi) is 8.35. The van der Waals surface area contributed by atoms with Crippen LogP contribution in [0.15, 0.2) is 18.2 Å². The molecule has 2 atom stereocenters. The molecule has 19 heavy (non-hydrogen) atoms. The standard InChI is InChI=1S/C16H25ClIN/c1-4-6-12(3)10-16(19-9-5-2)14-11-13(17)7-8-15(14)18/h7-8,11-12,16,19H,4-6,9-10H2,1-3H3. The van der Waals surface area contributed by atoms with Crippen molar-refractivity contribution in [1.82, 2.24) is 5.32 Å². The molecule has 0 aliphatic heterocycles. The van der Waals surface area contributed by atoms with E-state index in [9.17, 15) is 0 Å². The van der Waals surface area contributed by atoms with Crippen molar-refractivity contribution in [2.24, 2.45) is 5.92 Å². The molecule has 0 radical (unpaired) electrons. The maximum Gasteiger partial charge on any atom is 0.0410 e. The number of benzene rings is 1. The van der Waals surface area contributed by atoms with Crippen molar-refractivity contribution in [3.8, 4) is 0 Å². The molecule has 0 amide bonds. The molecule has 1 rings (SSSR count). The van der Waals surface area contributed by atoms with Crippen molar-refractivity contribution >= 4 is 34.2 Å². The quantitative estimate of drug-likeness (QED) is 0.549. The smallest absolute Gasteiger partial charge is 0.0410 e. The lowest BCUT2D eigenvalue weighted by atomic mass is 9.93. The summed E-state index contributed by atoms with van der Waals surface area (Å²) in [5, 5.41) is 4.51. The summed E-state index contributed by atoms with van der Waals surface area (Å²) in [6.45, 7) is 7.88. The van der Waals surface area contributed by atoms with Gasteiger partial charge in [0, 0.05) is 14.6 Å². The molecule has 0 aliphatic carbocycles. The van der Waals surface area contributed by atoms with Gasteiger partial charge in [0.25, 0.3) is 0 Å². The molecule has 1 aromatic carbocycles. The number of nitrogens with one attached hydrogen (secondary N) is 1. The average Bonchev–Trinajstić information content (AvgIpc) is 2.38. The Morgan fingerprint density at radius 2 is 2.00 bits per heavy atom. The average molecular weight is 394 g/mol. The third kappa shape index (κ3) is 6.01. The molecule has 3 heteroatoms. The maximum atomic E-state index is 6.16. The van der Waals surface area contributed by atoms with Crippen LogP contribution in [0.2, 0.25) is 5.02 Å². The molecule has 108 valence electrons. The first-order valence-electron chi connectivity index (χ1n) is 7.26. The molecular weight excluding hydrogens is 369 g/mol. The second-order valence-electron chi connectivity index (χ2n) is 5.30. The zero-order valence-corrected chi connectivity index (χ0v) is 15.1. The monoisotopic (exact) mass is 393 g/mol. The van der Waals surface area contributed by atoms with Crippen LogP contribution in [-0.4, -0.2) is 6.54 Å². The van der Waals surface area contributed by atoms with Gasteiger partial charge in [0.1, 0.15) is 0 Å². The van der Waals surface area contributed by atoms with Crippen LogP contribution >= 0.6 is 34.2 Å². The second kappa shape index (κ2) is 9.19. The molecule has 0 heterocycles. The van der Waals surface area contributed by atoms with Gasteiger partial charge in [0.05, 0.1) is 0 Å². The van der Waals surface area contributed by atoms with Gasteiger partial charge in [-0.3, -0.25) is 0 Å². The van der Waals surface area contributed by atoms with Gasteiger partial charge in [0.15, 0.2) is 0 Å². The Morgan fingerprint density at radius 3 is 2.63 bits per heavy atom. The highest BCUT2D eigenvalue weighted by atomic mass is 127. The Hall–Kier alpha value is 0.200. The van der Waals surface area contributed by atoms with E-state index in [0.29, 0.717) is 6.04 Å². The lowest BCUT2D eigenvalue weighted by molar-refractivity contribution is 0.389. The van der Waals surface area contributed by atoms with Crippen LogP contribution in [0.5, 0.6) is 0 Å². The first-order valence-corrected chi connectivity index (χ1v) is 8.72. The molecule has 0 aliphatic rings. The Morgan fingerprint density at radius 1 is 1.26 bits per heavy atom. The molecule has 1 N–H and O–H groups in total. The lowest BCUT2D eigenvalue weighted by Crippen LogP contribution is -2.24. The van der Waals surface area contributed by atoms with E-state index in [1.807, 2.05) is 6.07 Å². The van der Waals surface area contributed by atoms with E-state index in [2.05, 4.69) is 60.8 Å². The van der Waals surface area contributed by atoms with Crippen LogP contribution < -0.4 is 5.32 Å². The van der Waals surface area contributed by atoms with Crippen LogP contribution in [0.3, 0.4) is 0 Å². The summed E-state index contributed by atoms with van der Waals surface area (Å²) in [4.78, 5) is 0. The van der Waals surface area contributed by atoms with E-state index in [-0.39, 0.29) is 0 Å². The summed E-state index contributed by atoms with van der Waals surface area (Å²) in [5.74, 6) is 0.745. The summed E-state index contributed by atoms with van der Waals surface area (Å²) < 4.78 is 1.30. The molecule has 2 unspecified atom stereocenters. The number of hydrogen-bond acceptors (Lipinski definition) is 1. The molecular formula is C16H25ClIN. The van der Waals surface area contributed by atoms with Crippen LogP contribution in [-0.2, 0) is 0 Å². The fourth-order valence-corrected chi connectivity index (χ4v) is 3.33. The molecule has 0 spiro atoms. The fourth-order valence-electron chi connectivity index (χ4n) is 2.43. The summed E-state index contributed by atoms with van der Waals surface area (Å²) in [5.41, 5.74) is 1.35. The van der Waals surface area contributed by atoms with Gasteiger partial charge in [-0.2, -0.15) is 0 Å². The van der Waals surface area contributed by atoms with E-state index in [1.54, 1.807) is 0 Å². The van der Waals surface area contributed by atoms with Crippen molar-refractivity contribution in [3.05, 3.63) is 32.4 Å². The van der Waals surface area contributed by atoms with Gasteiger partial charge in [-0.1, -0.05) is 45.2 Å². The van der Waals surface area contributed by atoms with E-state index >= 15 is 0 Å². The Balaban J connectivity index is 2.85. The molecule has 0 aromatic heterocycles. The van der Waals surface area contributed by atoms with Crippen LogP contribution in [0.25, 0.3) is 0 Å². The minimum atomic E-state index is 0.423. The van der Waals surface area contributed by atoms with E-state index in [4.69, 9.17) is 11.6 Å². The molecule has 0 saturated heterocycles. The SMILES string of the molecule is CCCNC(CC(C)CCC)c1cc(Cl)ccc1I. The summed E-state index contributed by atoms with van der Waals surface area (Å²) in [6, 6.07) is 6.63. The molecule has 0 saturated carbocycles. The van der Waals surface area contributed by atoms with Gasteiger partial charge in [-0.05, 0) is 71.7 Å². The third-order valence-corrected chi connectivity index (χ3v) is 4.61. The minimum Gasteiger partial charge on any atom is -0.310 e. The normalized spacial score (nSPS) is 14.4. The minimum absolute atomic E-state index is 0.423. The second-order valence-corrected chi connectivity index (χ2v) is 6.90. The van der Waals surface area contributed by atoms with Crippen LogP contribution in [0.1, 0.15) is 58.1 Å². The van der Waals surface area contributed by atoms with Crippen LogP contribution in [0.4, 0.5) is 0 Å². The zero-order chi connectivity index (χ0) is 14.3. The fraction of sp³-hybridized carbons (Fsp3) is 0.625. The Labute approximate surface area is 136 Å². The number of hydrogen-bond donors (Lipinski definition) is 1. The van der Waals surface area contributed by atoms with Crippen molar-refractivity contribution in [1.29, 1.82) is 0 Å². The highest BCUT2D eigenvalue weighted by molar-refractivity contribution is 14.1. The molecule has 0 fully saturated rings. The van der Waals surface area contributed by atoms with Gasteiger partial charge >= 0.3 is 0 Å². The number of rotatable bonds is 8. The van der Waals surface area contributed by atoms with E-state index < -0.39 is 0 Å². The Bertz CT molecular complexity index is 381. The topological polar surface area (TPSA) is 12.0 Å². The maximum absolute atomic E-state index is 6.16. The third-order valence-electron chi connectivity index (χ3n) is 3.39. The molecule has 1 aromatic rings. The van der Waals surface area contributed by atoms with Crippen molar-refractivity contribution < 1.29 is 0 Å². The zero-order valence-electron chi connectivity index (χ0n) is 12.2. The first kappa shape index (κ1) is 17.3. The van der Waals surface area contributed by atoms with Gasteiger partial charge < -0.3 is 5.32 Å². The summed E-state index contributed by atoms with van der Waals surface area (Å²) in [6.07, 6.45) is 4.90. The lowest BCUT2D eigenvalue weighted by Gasteiger charge is -2.24. The van der Waals surface area contributed by atoms with Crippen LogP contribution in [0, 0.1) is 9.49 Å². The predicted octanol–water partition coefficient (Wildman–Crippen LogP) is 5.81. The number of halogens is 2. The van der Waals surface area contributed by atoms with Crippen molar-refractivity contribution in [2.45, 2.75) is 52.5 Å². The highest BCUT2D eigenvalue weighted by Gasteiger charge is 2.17. The van der Waals surface area contributed by atoms with Gasteiger partial charge in [-0.15, -0.1) is 0 Å². The first-order chi connectivity index (χ1) is 9.08. The molecule has 1 nitrogen and oxygen atoms in total. The molecule has 0 bridgehead atoms. The summed E-state index contributed by atoms with van der Waals surface area (Å²) in [7, 11) is 0. The largest absolute Gasteiger partial charge is 0.310 e. The van der Waals surface area contributed by atoms with Crippen molar-refractivity contribution in [3.63, 3.8) is 0 Å². The highest BCUT2D eigenvalue weighted by Crippen LogP contribution is 2.29. The van der Waals surface area contributed by atoms with Gasteiger partial charge in [0.2, 0.25) is 0 Å².